The van der Waals surface area contributed by atoms with Crippen molar-refractivity contribution < 1.29 is 5.11 Å². The molecule has 0 saturated heterocycles. The molecule has 1 atom stereocenters. The third kappa shape index (κ3) is 1.44. The Morgan fingerprint density at radius 2 is 2.07 bits per heavy atom. The van der Waals surface area contributed by atoms with Gasteiger partial charge in [-0.15, -0.1) is 0 Å². The number of rotatable bonds is 2. The van der Waals surface area contributed by atoms with Crippen LogP contribution in [0.5, 0.6) is 5.75 Å². The van der Waals surface area contributed by atoms with E-state index in [-0.39, 0.29) is 11.8 Å². The van der Waals surface area contributed by atoms with Gasteiger partial charge >= 0.3 is 0 Å². The van der Waals surface area contributed by atoms with Crippen LogP contribution < -0.4 is 11.5 Å². The SMILES string of the molecule is Cc1ccc(N)c(O)c1[C@@H](N)C1CC1. The third-order valence-electron chi connectivity index (χ3n) is 2.93. The van der Waals surface area contributed by atoms with Crippen LogP contribution in [0.3, 0.4) is 0 Å². The zero-order valence-electron chi connectivity index (χ0n) is 8.33. The molecule has 3 heteroatoms. The maximum atomic E-state index is 9.82. The lowest BCUT2D eigenvalue weighted by atomic mass is 9.96. The monoisotopic (exact) mass is 192 g/mol. The van der Waals surface area contributed by atoms with Gasteiger partial charge in [0.1, 0.15) is 5.75 Å². The van der Waals surface area contributed by atoms with Gasteiger partial charge in [-0.2, -0.15) is 0 Å². The summed E-state index contributed by atoms with van der Waals surface area (Å²) in [6.07, 6.45) is 2.32. The first-order valence-corrected chi connectivity index (χ1v) is 4.94. The number of benzene rings is 1. The maximum Gasteiger partial charge on any atom is 0.143 e. The van der Waals surface area contributed by atoms with Crippen LogP contribution in [0.2, 0.25) is 0 Å². The van der Waals surface area contributed by atoms with Crippen molar-refractivity contribution in [2.24, 2.45) is 11.7 Å². The van der Waals surface area contributed by atoms with Crippen molar-refractivity contribution >= 4 is 5.69 Å². The van der Waals surface area contributed by atoms with Crippen molar-refractivity contribution in [3.8, 4) is 5.75 Å². The molecule has 0 amide bonds. The number of hydrogen-bond acceptors (Lipinski definition) is 3. The molecule has 3 nitrogen and oxygen atoms in total. The second-order valence-electron chi connectivity index (χ2n) is 4.10. The lowest BCUT2D eigenvalue weighted by molar-refractivity contribution is 0.457. The van der Waals surface area contributed by atoms with E-state index in [0.717, 1.165) is 24.0 Å². The fraction of sp³-hybridized carbons (Fsp3) is 0.455. The molecular formula is C11H16N2O. The first-order chi connectivity index (χ1) is 6.61. The number of phenols is 1. The molecule has 0 radical (unpaired) electrons. The highest BCUT2D eigenvalue weighted by molar-refractivity contribution is 5.59. The second-order valence-corrected chi connectivity index (χ2v) is 4.10. The summed E-state index contributed by atoms with van der Waals surface area (Å²) in [5, 5.41) is 9.82. The third-order valence-corrected chi connectivity index (χ3v) is 2.93. The Kier molecular flexibility index (Phi) is 2.11. The lowest BCUT2D eigenvalue weighted by Gasteiger charge is -2.16. The molecule has 1 fully saturated rings. The fourth-order valence-electron chi connectivity index (χ4n) is 1.84. The average molecular weight is 192 g/mol. The van der Waals surface area contributed by atoms with E-state index in [1.165, 1.54) is 0 Å². The number of hydrogen-bond donors (Lipinski definition) is 3. The minimum atomic E-state index is -0.0569. The van der Waals surface area contributed by atoms with E-state index in [0.29, 0.717) is 11.6 Å². The van der Waals surface area contributed by atoms with E-state index < -0.39 is 0 Å². The Hall–Kier alpha value is -1.22. The first kappa shape index (κ1) is 9.34. The molecule has 0 heterocycles. The Morgan fingerprint density at radius 3 is 2.64 bits per heavy atom. The van der Waals surface area contributed by atoms with Crippen molar-refractivity contribution in [3.63, 3.8) is 0 Å². The van der Waals surface area contributed by atoms with Crippen LogP contribution in [0.15, 0.2) is 12.1 Å². The largest absolute Gasteiger partial charge is 0.505 e. The van der Waals surface area contributed by atoms with Crippen molar-refractivity contribution in [2.45, 2.75) is 25.8 Å². The molecule has 0 unspecified atom stereocenters. The van der Waals surface area contributed by atoms with E-state index in [9.17, 15) is 5.11 Å². The molecule has 2 rings (SSSR count). The van der Waals surface area contributed by atoms with Crippen molar-refractivity contribution in [2.75, 3.05) is 5.73 Å². The lowest BCUT2D eigenvalue weighted by Crippen LogP contribution is -2.14. The Morgan fingerprint density at radius 1 is 1.43 bits per heavy atom. The van der Waals surface area contributed by atoms with Crippen molar-refractivity contribution in [1.29, 1.82) is 0 Å². The summed E-state index contributed by atoms with van der Waals surface area (Å²) in [5.74, 6) is 0.700. The Balaban J connectivity index is 2.43. The minimum Gasteiger partial charge on any atom is -0.505 e. The number of nitrogen functional groups attached to an aromatic ring is 1. The molecule has 14 heavy (non-hydrogen) atoms. The van der Waals surface area contributed by atoms with Gasteiger partial charge in [-0.1, -0.05) is 6.07 Å². The van der Waals surface area contributed by atoms with Crippen molar-refractivity contribution in [3.05, 3.63) is 23.3 Å². The van der Waals surface area contributed by atoms with Crippen LogP contribution >= 0.6 is 0 Å². The van der Waals surface area contributed by atoms with Gasteiger partial charge in [-0.05, 0) is 37.3 Å². The number of phenolic OH excluding ortho intramolecular Hbond substituents is 1. The highest BCUT2D eigenvalue weighted by Crippen LogP contribution is 2.44. The van der Waals surface area contributed by atoms with Gasteiger partial charge in [0.15, 0.2) is 0 Å². The van der Waals surface area contributed by atoms with E-state index >= 15 is 0 Å². The number of aryl methyl sites for hydroxylation is 1. The summed E-state index contributed by atoms with van der Waals surface area (Å²) in [6, 6.07) is 3.57. The molecular weight excluding hydrogens is 176 g/mol. The van der Waals surface area contributed by atoms with Crippen LogP contribution in [-0.2, 0) is 0 Å². The average Bonchev–Trinajstić information content (AvgIpc) is 2.95. The summed E-state index contributed by atoms with van der Waals surface area (Å²) in [4.78, 5) is 0. The van der Waals surface area contributed by atoms with Crippen molar-refractivity contribution in [1.82, 2.24) is 0 Å². The molecule has 1 aliphatic carbocycles. The molecule has 1 aromatic rings. The van der Waals surface area contributed by atoms with E-state index in [1.807, 2.05) is 13.0 Å². The van der Waals surface area contributed by atoms with E-state index in [2.05, 4.69) is 0 Å². The zero-order chi connectivity index (χ0) is 10.3. The summed E-state index contributed by atoms with van der Waals surface area (Å²) in [5.41, 5.74) is 14.0. The molecule has 1 aliphatic rings. The van der Waals surface area contributed by atoms with Gasteiger partial charge in [0.05, 0.1) is 5.69 Å². The van der Waals surface area contributed by atoms with E-state index in [1.54, 1.807) is 6.07 Å². The van der Waals surface area contributed by atoms with Gasteiger partial charge in [0.25, 0.3) is 0 Å². The van der Waals surface area contributed by atoms with Gasteiger partial charge in [0.2, 0.25) is 0 Å². The van der Waals surface area contributed by atoms with Crippen LogP contribution in [0.4, 0.5) is 5.69 Å². The number of anilines is 1. The van der Waals surface area contributed by atoms with Crippen LogP contribution in [0.1, 0.15) is 30.0 Å². The standard InChI is InChI=1S/C11H16N2O/c1-6-2-5-8(12)11(14)9(6)10(13)7-3-4-7/h2,5,7,10,14H,3-4,12-13H2,1H3/t10-/m0/s1. The topological polar surface area (TPSA) is 72.3 Å². The summed E-state index contributed by atoms with van der Waals surface area (Å²) in [7, 11) is 0. The Bertz CT molecular complexity index is 359. The highest BCUT2D eigenvalue weighted by atomic mass is 16.3. The molecule has 1 aromatic carbocycles. The molecule has 1 saturated carbocycles. The molecule has 0 aromatic heterocycles. The summed E-state index contributed by atoms with van der Waals surface area (Å²) >= 11 is 0. The van der Waals surface area contributed by atoms with Crippen LogP contribution in [0.25, 0.3) is 0 Å². The first-order valence-electron chi connectivity index (χ1n) is 4.94. The van der Waals surface area contributed by atoms with E-state index in [4.69, 9.17) is 11.5 Å². The second kappa shape index (κ2) is 3.17. The summed E-state index contributed by atoms with van der Waals surface area (Å²) in [6.45, 7) is 1.96. The molecule has 0 bridgehead atoms. The van der Waals surface area contributed by atoms with Gasteiger partial charge < -0.3 is 16.6 Å². The maximum absolute atomic E-state index is 9.82. The zero-order valence-corrected chi connectivity index (χ0v) is 8.33. The van der Waals surface area contributed by atoms with Crippen LogP contribution in [0, 0.1) is 12.8 Å². The number of nitrogens with two attached hydrogens (primary N) is 2. The fourth-order valence-corrected chi connectivity index (χ4v) is 1.84. The van der Waals surface area contributed by atoms with Gasteiger partial charge in [0, 0.05) is 11.6 Å². The molecule has 0 spiro atoms. The molecule has 5 N–H and O–H groups in total. The molecule has 0 aliphatic heterocycles. The number of aromatic hydroxyl groups is 1. The summed E-state index contributed by atoms with van der Waals surface area (Å²) < 4.78 is 0. The highest BCUT2D eigenvalue weighted by Gasteiger charge is 2.32. The minimum absolute atomic E-state index is 0.0569. The molecule has 76 valence electrons. The Labute approximate surface area is 83.7 Å². The normalized spacial score (nSPS) is 18.1. The predicted octanol–water partition coefficient (Wildman–Crippen LogP) is 1.69. The quantitative estimate of drug-likeness (QED) is 0.493. The van der Waals surface area contributed by atoms with Crippen LogP contribution in [-0.4, -0.2) is 5.11 Å². The van der Waals surface area contributed by atoms with Gasteiger partial charge in [-0.3, -0.25) is 0 Å². The smallest absolute Gasteiger partial charge is 0.143 e. The van der Waals surface area contributed by atoms with Gasteiger partial charge in [-0.25, -0.2) is 0 Å². The predicted molar refractivity (Wildman–Crippen MR) is 56.9 cm³/mol.